The van der Waals surface area contributed by atoms with Crippen molar-refractivity contribution in [3.05, 3.63) is 0 Å². The fraction of sp³-hybridized carbons (Fsp3) is 0.941. The van der Waals surface area contributed by atoms with Crippen LogP contribution in [0.5, 0.6) is 0 Å². The zero-order chi connectivity index (χ0) is 13.6. The molecular weight excluding hydrogens is 234 g/mol. The normalized spacial score (nSPS) is 24.9. The van der Waals surface area contributed by atoms with Crippen molar-refractivity contribution in [3.8, 4) is 0 Å². The topological polar surface area (TPSA) is 29.1 Å². The SMILES string of the molecule is CNC1(CC(=O)CC2CCCCC2)CCCCCC1. The summed E-state index contributed by atoms with van der Waals surface area (Å²) in [6.45, 7) is 0. The zero-order valence-electron chi connectivity index (χ0n) is 12.7. The number of hydrogen-bond donors (Lipinski definition) is 1. The summed E-state index contributed by atoms with van der Waals surface area (Å²) < 4.78 is 0. The molecule has 2 aliphatic carbocycles. The van der Waals surface area contributed by atoms with E-state index in [1.165, 1.54) is 70.6 Å². The van der Waals surface area contributed by atoms with Crippen LogP contribution >= 0.6 is 0 Å². The third-order valence-corrected chi connectivity index (χ3v) is 5.37. The molecule has 1 N–H and O–H groups in total. The first-order chi connectivity index (χ1) is 9.24. The second-order valence-electron chi connectivity index (χ2n) is 6.87. The Morgan fingerprint density at radius 2 is 1.58 bits per heavy atom. The molecule has 0 aliphatic heterocycles. The second kappa shape index (κ2) is 7.42. The van der Waals surface area contributed by atoms with E-state index in [0.29, 0.717) is 11.7 Å². The zero-order valence-corrected chi connectivity index (χ0v) is 12.7. The number of Topliss-reactive ketones (excluding diaryl/α,β-unsaturated/α-hetero) is 1. The van der Waals surface area contributed by atoms with Gasteiger partial charge >= 0.3 is 0 Å². The molecule has 2 saturated carbocycles. The molecule has 2 fully saturated rings. The lowest BCUT2D eigenvalue weighted by Gasteiger charge is -2.33. The number of hydrogen-bond acceptors (Lipinski definition) is 2. The maximum Gasteiger partial charge on any atom is 0.135 e. The van der Waals surface area contributed by atoms with Crippen LogP contribution in [-0.2, 0) is 4.79 Å². The minimum absolute atomic E-state index is 0.127. The van der Waals surface area contributed by atoms with E-state index in [4.69, 9.17) is 0 Å². The second-order valence-corrected chi connectivity index (χ2v) is 6.87. The average Bonchev–Trinajstić information content (AvgIpc) is 2.66. The molecule has 0 bridgehead atoms. The molecule has 0 aromatic rings. The molecule has 0 aromatic heterocycles. The van der Waals surface area contributed by atoms with E-state index in [9.17, 15) is 4.79 Å². The number of carbonyl (C=O) groups is 1. The third-order valence-electron chi connectivity index (χ3n) is 5.37. The lowest BCUT2D eigenvalue weighted by molar-refractivity contribution is -0.121. The van der Waals surface area contributed by atoms with Gasteiger partial charge in [0.15, 0.2) is 0 Å². The Labute approximate surface area is 118 Å². The smallest absolute Gasteiger partial charge is 0.135 e. The van der Waals surface area contributed by atoms with Gasteiger partial charge in [0.05, 0.1) is 0 Å². The molecule has 0 aromatic carbocycles. The van der Waals surface area contributed by atoms with Crippen LogP contribution in [0.25, 0.3) is 0 Å². The highest BCUT2D eigenvalue weighted by Gasteiger charge is 2.32. The summed E-state index contributed by atoms with van der Waals surface area (Å²) in [6, 6.07) is 0. The highest BCUT2D eigenvalue weighted by molar-refractivity contribution is 5.79. The molecule has 0 unspecified atom stereocenters. The highest BCUT2D eigenvalue weighted by Crippen LogP contribution is 2.32. The van der Waals surface area contributed by atoms with Crippen molar-refractivity contribution in [2.24, 2.45) is 5.92 Å². The van der Waals surface area contributed by atoms with E-state index in [1.54, 1.807) is 0 Å². The Morgan fingerprint density at radius 1 is 1.00 bits per heavy atom. The predicted octanol–water partition coefficient (Wildman–Crippen LogP) is 4.23. The minimum atomic E-state index is 0.127. The van der Waals surface area contributed by atoms with Crippen LogP contribution in [0.1, 0.15) is 83.5 Å². The van der Waals surface area contributed by atoms with Crippen LogP contribution in [0.4, 0.5) is 0 Å². The van der Waals surface area contributed by atoms with Gasteiger partial charge in [0.25, 0.3) is 0 Å². The summed E-state index contributed by atoms with van der Waals surface area (Å²) in [5.41, 5.74) is 0.127. The van der Waals surface area contributed by atoms with Crippen LogP contribution in [-0.4, -0.2) is 18.4 Å². The predicted molar refractivity (Wildman–Crippen MR) is 80.3 cm³/mol. The molecular formula is C17H31NO. The van der Waals surface area contributed by atoms with Crippen LogP contribution in [0, 0.1) is 5.92 Å². The van der Waals surface area contributed by atoms with Crippen LogP contribution < -0.4 is 5.32 Å². The maximum atomic E-state index is 12.4. The van der Waals surface area contributed by atoms with Gasteiger partial charge in [-0.2, -0.15) is 0 Å². The molecule has 0 heterocycles. The molecule has 0 atom stereocenters. The van der Waals surface area contributed by atoms with Crippen molar-refractivity contribution in [3.63, 3.8) is 0 Å². The number of carbonyl (C=O) groups excluding carboxylic acids is 1. The van der Waals surface area contributed by atoms with Crippen molar-refractivity contribution in [1.29, 1.82) is 0 Å². The van der Waals surface area contributed by atoms with Crippen molar-refractivity contribution >= 4 is 5.78 Å². The lowest BCUT2D eigenvalue weighted by atomic mass is 9.80. The van der Waals surface area contributed by atoms with E-state index in [0.717, 1.165) is 12.8 Å². The monoisotopic (exact) mass is 265 g/mol. The van der Waals surface area contributed by atoms with Crippen LogP contribution in [0.15, 0.2) is 0 Å². The molecule has 110 valence electrons. The first-order valence-corrected chi connectivity index (χ1v) is 8.45. The molecule has 0 spiro atoms. The van der Waals surface area contributed by atoms with Gasteiger partial charge in [-0.05, 0) is 25.8 Å². The van der Waals surface area contributed by atoms with Crippen LogP contribution in [0.2, 0.25) is 0 Å². The quantitative estimate of drug-likeness (QED) is 0.754. The van der Waals surface area contributed by atoms with Gasteiger partial charge in [0.1, 0.15) is 5.78 Å². The largest absolute Gasteiger partial charge is 0.314 e. The first kappa shape index (κ1) is 15.0. The molecule has 2 heteroatoms. The lowest BCUT2D eigenvalue weighted by Crippen LogP contribution is -2.44. The van der Waals surface area contributed by atoms with E-state index in [1.807, 2.05) is 0 Å². The number of nitrogens with one attached hydrogen (secondary N) is 1. The summed E-state index contributed by atoms with van der Waals surface area (Å²) in [7, 11) is 2.05. The van der Waals surface area contributed by atoms with E-state index < -0.39 is 0 Å². The maximum absolute atomic E-state index is 12.4. The Bertz CT molecular complexity index is 273. The van der Waals surface area contributed by atoms with Gasteiger partial charge in [-0.25, -0.2) is 0 Å². The molecule has 2 aliphatic rings. The van der Waals surface area contributed by atoms with E-state index >= 15 is 0 Å². The molecule has 0 saturated heterocycles. The highest BCUT2D eigenvalue weighted by atomic mass is 16.1. The van der Waals surface area contributed by atoms with Gasteiger partial charge in [-0.1, -0.05) is 57.8 Å². The number of ketones is 1. The molecule has 2 nitrogen and oxygen atoms in total. The van der Waals surface area contributed by atoms with Gasteiger partial charge in [-0.3, -0.25) is 4.79 Å². The Balaban J connectivity index is 1.84. The first-order valence-electron chi connectivity index (χ1n) is 8.45. The summed E-state index contributed by atoms with van der Waals surface area (Å²) in [5.74, 6) is 1.21. The van der Waals surface area contributed by atoms with Gasteiger partial charge in [0, 0.05) is 18.4 Å². The van der Waals surface area contributed by atoms with Crippen molar-refractivity contribution in [1.82, 2.24) is 5.32 Å². The average molecular weight is 265 g/mol. The van der Waals surface area contributed by atoms with Crippen molar-refractivity contribution in [2.75, 3.05) is 7.05 Å². The van der Waals surface area contributed by atoms with Crippen molar-refractivity contribution < 1.29 is 4.79 Å². The Hall–Kier alpha value is -0.370. The number of rotatable bonds is 5. The molecule has 2 rings (SSSR count). The molecule has 0 amide bonds. The Kier molecular flexibility index (Phi) is 5.87. The van der Waals surface area contributed by atoms with E-state index in [-0.39, 0.29) is 5.54 Å². The van der Waals surface area contributed by atoms with Gasteiger partial charge in [-0.15, -0.1) is 0 Å². The van der Waals surface area contributed by atoms with Crippen LogP contribution in [0.3, 0.4) is 0 Å². The summed E-state index contributed by atoms with van der Waals surface area (Å²) in [6.07, 6.45) is 15.9. The summed E-state index contributed by atoms with van der Waals surface area (Å²) >= 11 is 0. The van der Waals surface area contributed by atoms with Gasteiger partial charge < -0.3 is 5.32 Å². The molecule has 0 radical (unpaired) electrons. The summed E-state index contributed by atoms with van der Waals surface area (Å²) in [4.78, 5) is 12.4. The third kappa shape index (κ3) is 4.59. The fourth-order valence-corrected chi connectivity index (χ4v) is 4.08. The Morgan fingerprint density at radius 3 is 2.16 bits per heavy atom. The van der Waals surface area contributed by atoms with Crippen molar-refractivity contribution in [2.45, 2.75) is 89.0 Å². The van der Waals surface area contributed by atoms with Gasteiger partial charge in [0.2, 0.25) is 0 Å². The minimum Gasteiger partial charge on any atom is -0.314 e. The fourth-order valence-electron chi connectivity index (χ4n) is 4.08. The summed E-state index contributed by atoms with van der Waals surface area (Å²) in [5, 5.41) is 3.50. The molecule has 19 heavy (non-hydrogen) atoms. The van der Waals surface area contributed by atoms with E-state index in [2.05, 4.69) is 12.4 Å². The standard InChI is InChI=1S/C17H31NO/c1-18-17(11-7-2-3-8-12-17)14-16(19)13-15-9-5-4-6-10-15/h15,18H,2-14H2,1H3.